The molecular weight excluding hydrogens is 258 g/mol. The fraction of sp³-hybridized carbons (Fsp3) is 0.0667. The first kappa shape index (κ1) is 11.8. The SMILES string of the molecule is N#CCc1c2ccccc2nn1-c1ccccc1Cl. The predicted molar refractivity (Wildman–Crippen MR) is 75.4 cm³/mol. The molecule has 1 heterocycles. The highest BCUT2D eigenvalue weighted by Crippen LogP contribution is 2.26. The Bertz CT molecular complexity index is 783. The van der Waals surface area contributed by atoms with Gasteiger partial charge in [0.05, 0.1) is 34.4 Å². The molecule has 0 N–H and O–H groups in total. The lowest BCUT2D eigenvalue weighted by Crippen LogP contribution is -2.02. The molecule has 0 aliphatic carbocycles. The molecule has 0 spiro atoms. The Morgan fingerprint density at radius 1 is 1.11 bits per heavy atom. The van der Waals surface area contributed by atoms with Gasteiger partial charge in [-0.05, 0) is 18.2 Å². The van der Waals surface area contributed by atoms with E-state index >= 15 is 0 Å². The van der Waals surface area contributed by atoms with Gasteiger partial charge in [-0.2, -0.15) is 10.4 Å². The largest absolute Gasteiger partial charge is 0.234 e. The molecule has 0 aliphatic rings. The summed E-state index contributed by atoms with van der Waals surface area (Å²) in [6.07, 6.45) is 0.297. The van der Waals surface area contributed by atoms with E-state index in [0.29, 0.717) is 11.4 Å². The van der Waals surface area contributed by atoms with Crippen molar-refractivity contribution >= 4 is 22.5 Å². The molecule has 2 aromatic carbocycles. The fourth-order valence-electron chi connectivity index (χ4n) is 2.15. The molecule has 0 saturated carbocycles. The number of hydrogen-bond acceptors (Lipinski definition) is 2. The van der Waals surface area contributed by atoms with Crippen LogP contribution in [0.3, 0.4) is 0 Å². The van der Waals surface area contributed by atoms with Crippen LogP contribution in [0.15, 0.2) is 48.5 Å². The van der Waals surface area contributed by atoms with Crippen molar-refractivity contribution in [2.24, 2.45) is 0 Å². The van der Waals surface area contributed by atoms with E-state index in [9.17, 15) is 0 Å². The predicted octanol–water partition coefficient (Wildman–Crippen LogP) is 3.74. The van der Waals surface area contributed by atoms with E-state index in [0.717, 1.165) is 22.3 Å². The molecule has 1 aromatic heterocycles. The number of fused-ring (bicyclic) bond motifs is 1. The summed E-state index contributed by atoms with van der Waals surface area (Å²) in [7, 11) is 0. The zero-order valence-corrected chi connectivity index (χ0v) is 10.8. The van der Waals surface area contributed by atoms with Crippen molar-refractivity contribution in [2.45, 2.75) is 6.42 Å². The summed E-state index contributed by atoms with van der Waals surface area (Å²) in [6.45, 7) is 0. The van der Waals surface area contributed by atoms with Gasteiger partial charge in [0.15, 0.2) is 0 Å². The number of hydrogen-bond donors (Lipinski definition) is 0. The lowest BCUT2D eigenvalue weighted by molar-refractivity contribution is 0.844. The van der Waals surface area contributed by atoms with Gasteiger partial charge in [0, 0.05) is 5.39 Å². The maximum atomic E-state index is 9.01. The average molecular weight is 268 g/mol. The van der Waals surface area contributed by atoms with Gasteiger partial charge in [-0.1, -0.05) is 41.9 Å². The summed E-state index contributed by atoms with van der Waals surface area (Å²) in [4.78, 5) is 0. The molecule has 0 fully saturated rings. The van der Waals surface area contributed by atoms with Crippen LogP contribution < -0.4 is 0 Å². The van der Waals surface area contributed by atoms with E-state index in [-0.39, 0.29) is 0 Å². The topological polar surface area (TPSA) is 41.6 Å². The van der Waals surface area contributed by atoms with Gasteiger partial charge >= 0.3 is 0 Å². The standard InChI is InChI=1S/C15H10ClN3/c16-12-6-2-4-8-15(12)19-14(9-10-17)11-5-1-3-7-13(11)18-19/h1-8H,9H2. The first-order valence-electron chi connectivity index (χ1n) is 5.90. The Kier molecular flexibility index (Phi) is 2.94. The highest BCUT2D eigenvalue weighted by atomic mass is 35.5. The molecule has 0 radical (unpaired) electrons. The second kappa shape index (κ2) is 4.75. The van der Waals surface area contributed by atoms with Crippen LogP contribution in [0.1, 0.15) is 5.69 Å². The maximum Gasteiger partial charge on any atom is 0.0931 e. The third-order valence-electron chi connectivity index (χ3n) is 3.01. The molecule has 0 bridgehead atoms. The summed E-state index contributed by atoms with van der Waals surface area (Å²) in [5, 5.41) is 15.2. The molecule has 3 nitrogen and oxygen atoms in total. The van der Waals surface area contributed by atoms with E-state index in [1.807, 2.05) is 48.5 Å². The summed E-state index contributed by atoms with van der Waals surface area (Å²) < 4.78 is 1.76. The van der Waals surface area contributed by atoms with Crippen molar-refractivity contribution in [3.8, 4) is 11.8 Å². The Morgan fingerprint density at radius 2 is 1.84 bits per heavy atom. The van der Waals surface area contributed by atoms with Gasteiger partial charge < -0.3 is 0 Å². The Morgan fingerprint density at radius 3 is 2.63 bits per heavy atom. The van der Waals surface area contributed by atoms with Crippen molar-refractivity contribution < 1.29 is 0 Å². The number of nitriles is 1. The monoisotopic (exact) mass is 267 g/mol. The molecule has 0 saturated heterocycles. The molecule has 19 heavy (non-hydrogen) atoms. The number of aromatic nitrogens is 2. The molecule has 0 unspecified atom stereocenters. The highest BCUT2D eigenvalue weighted by molar-refractivity contribution is 6.32. The van der Waals surface area contributed by atoms with Crippen LogP contribution in [0.25, 0.3) is 16.6 Å². The second-order valence-corrected chi connectivity index (χ2v) is 4.57. The minimum atomic E-state index is 0.297. The van der Waals surface area contributed by atoms with Crippen LogP contribution in [0, 0.1) is 11.3 Å². The molecule has 0 atom stereocenters. The number of rotatable bonds is 2. The van der Waals surface area contributed by atoms with Gasteiger partial charge in [-0.25, -0.2) is 4.68 Å². The number of benzene rings is 2. The quantitative estimate of drug-likeness (QED) is 0.710. The van der Waals surface area contributed by atoms with Gasteiger partial charge in [0.2, 0.25) is 0 Å². The van der Waals surface area contributed by atoms with Crippen LogP contribution in [-0.2, 0) is 6.42 Å². The number of para-hydroxylation sites is 1. The normalized spacial score (nSPS) is 10.5. The number of nitrogens with zero attached hydrogens (tertiary/aromatic N) is 3. The van der Waals surface area contributed by atoms with Crippen LogP contribution in [0.4, 0.5) is 0 Å². The first-order chi connectivity index (χ1) is 9.31. The lowest BCUT2D eigenvalue weighted by Gasteiger charge is -2.06. The van der Waals surface area contributed by atoms with Crippen LogP contribution >= 0.6 is 11.6 Å². The summed E-state index contributed by atoms with van der Waals surface area (Å²) in [6, 6.07) is 17.5. The van der Waals surface area contributed by atoms with Crippen LogP contribution in [0.5, 0.6) is 0 Å². The molecule has 92 valence electrons. The molecule has 0 aliphatic heterocycles. The third kappa shape index (κ3) is 1.96. The second-order valence-electron chi connectivity index (χ2n) is 4.16. The molecular formula is C15H10ClN3. The minimum absolute atomic E-state index is 0.297. The van der Waals surface area contributed by atoms with Gasteiger partial charge in [0.1, 0.15) is 0 Å². The highest BCUT2D eigenvalue weighted by Gasteiger charge is 2.13. The van der Waals surface area contributed by atoms with Crippen molar-refractivity contribution in [3.63, 3.8) is 0 Å². The van der Waals surface area contributed by atoms with E-state index in [2.05, 4.69) is 11.2 Å². The molecule has 3 rings (SSSR count). The van der Waals surface area contributed by atoms with E-state index < -0.39 is 0 Å². The zero-order chi connectivity index (χ0) is 13.2. The zero-order valence-electron chi connectivity index (χ0n) is 10.0. The van der Waals surface area contributed by atoms with Crippen molar-refractivity contribution in [3.05, 3.63) is 59.2 Å². The molecule has 3 aromatic rings. The van der Waals surface area contributed by atoms with Gasteiger partial charge in [0.25, 0.3) is 0 Å². The third-order valence-corrected chi connectivity index (χ3v) is 3.33. The minimum Gasteiger partial charge on any atom is -0.234 e. The van der Waals surface area contributed by atoms with E-state index in [4.69, 9.17) is 16.9 Å². The smallest absolute Gasteiger partial charge is 0.0931 e. The van der Waals surface area contributed by atoms with E-state index in [1.165, 1.54) is 0 Å². The van der Waals surface area contributed by atoms with Crippen molar-refractivity contribution in [2.75, 3.05) is 0 Å². The summed E-state index contributed by atoms with van der Waals surface area (Å²) in [5.74, 6) is 0. The fourth-order valence-corrected chi connectivity index (χ4v) is 2.37. The average Bonchev–Trinajstić information content (AvgIpc) is 2.79. The molecule has 4 heteroatoms. The molecule has 0 amide bonds. The first-order valence-corrected chi connectivity index (χ1v) is 6.27. The summed E-state index contributed by atoms with van der Waals surface area (Å²) >= 11 is 6.21. The number of halogens is 1. The Labute approximate surface area is 115 Å². The van der Waals surface area contributed by atoms with Crippen molar-refractivity contribution in [1.82, 2.24) is 9.78 Å². The summed E-state index contributed by atoms with van der Waals surface area (Å²) in [5.41, 5.74) is 2.53. The van der Waals surface area contributed by atoms with E-state index in [1.54, 1.807) is 4.68 Å². The van der Waals surface area contributed by atoms with Gasteiger partial charge in [-0.15, -0.1) is 0 Å². The van der Waals surface area contributed by atoms with Gasteiger partial charge in [-0.3, -0.25) is 0 Å². The lowest BCUT2D eigenvalue weighted by atomic mass is 10.2. The van der Waals surface area contributed by atoms with Crippen LogP contribution in [0.2, 0.25) is 5.02 Å². The van der Waals surface area contributed by atoms with Crippen molar-refractivity contribution in [1.29, 1.82) is 5.26 Å². The maximum absolute atomic E-state index is 9.01. The Balaban J connectivity index is 2.32. The van der Waals surface area contributed by atoms with Crippen LogP contribution in [-0.4, -0.2) is 9.78 Å². The Hall–Kier alpha value is -2.31.